The Bertz CT molecular complexity index is 1370. The molecule has 2 aromatic rings. The van der Waals surface area contributed by atoms with Crippen molar-refractivity contribution in [1.82, 2.24) is 20.3 Å². The number of amides is 3. The summed E-state index contributed by atoms with van der Waals surface area (Å²) in [6.07, 6.45) is 2.13. The molecule has 2 saturated heterocycles. The first-order chi connectivity index (χ1) is 17.6. The van der Waals surface area contributed by atoms with Crippen molar-refractivity contribution in [3.05, 3.63) is 62.8 Å². The number of rotatable bonds is 4. The van der Waals surface area contributed by atoms with Gasteiger partial charge in [-0.15, -0.1) is 0 Å². The van der Waals surface area contributed by atoms with Crippen molar-refractivity contribution in [3.63, 3.8) is 0 Å². The van der Waals surface area contributed by atoms with Gasteiger partial charge in [0.25, 0.3) is 11.8 Å². The maximum absolute atomic E-state index is 14.0. The Kier molecular flexibility index (Phi) is 5.97. The van der Waals surface area contributed by atoms with Crippen LogP contribution in [0.3, 0.4) is 0 Å². The van der Waals surface area contributed by atoms with E-state index in [1.54, 1.807) is 4.90 Å². The number of hydroxylamine groups is 1. The van der Waals surface area contributed by atoms with E-state index in [1.165, 1.54) is 17.9 Å². The fourth-order valence-electron chi connectivity index (χ4n) is 5.32. The Morgan fingerprint density at radius 3 is 2.57 bits per heavy atom. The van der Waals surface area contributed by atoms with Crippen molar-refractivity contribution in [2.45, 2.75) is 50.4 Å². The Labute approximate surface area is 208 Å². The number of methoxy groups -OCH3 is 1. The topological polar surface area (TPSA) is 119 Å². The molecule has 2 fully saturated rings. The van der Waals surface area contributed by atoms with E-state index in [1.807, 2.05) is 6.92 Å². The molecule has 1 aromatic heterocycles. The third kappa shape index (κ3) is 3.93. The van der Waals surface area contributed by atoms with E-state index in [9.17, 15) is 32.3 Å². The lowest BCUT2D eigenvalue weighted by molar-refractivity contribution is -0.128. The molecule has 1 spiro atoms. The van der Waals surface area contributed by atoms with Crippen LogP contribution < -0.4 is 21.0 Å². The van der Waals surface area contributed by atoms with Gasteiger partial charge in [0, 0.05) is 43.0 Å². The Morgan fingerprint density at radius 2 is 1.95 bits per heavy atom. The highest BCUT2D eigenvalue weighted by Gasteiger charge is 2.54. The highest BCUT2D eigenvalue weighted by atomic mass is 19.1. The van der Waals surface area contributed by atoms with E-state index in [0.29, 0.717) is 25.0 Å². The number of hydrogen-bond donors (Lipinski definition) is 2. The zero-order chi connectivity index (χ0) is 26.6. The molecule has 0 saturated carbocycles. The van der Waals surface area contributed by atoms with Crippen molar-refractivity contribution >= 4 is 17.7 Å². The van der Waals surface area contributed by atoms with Crippen molar-refractivity contribution in [2.24, 2.45) is 0 Å². The molecule has 3 amide bonds. The van der Waals surface area contributed by atoms with Crippen LogP contribution in [0.2, 0.25) is 0 Å². The first kappa shape index (κ1) is 24.8. The van der Waals surface area contributed by atoms with E-state index in [2.05, 4.69) is 10.8 Å². The minimum absolute atomic E-state index is 0.00491. The SMILES string of the molecule is COc1c2n(cc(C(=O)NCc3c(F)cc(F)cc3F)c1=O)[C@@H]1CN(C2=O)[C@@H](C)CC[C@]12CC(=O)NO2. The smallest absolute Gasteiger partial charge is 0.274 e. The summed E-state index contributed by atoms with van der Waals surface area (Å²) in [5, 5.41) is 2.27. The number of halogens is 3. The summed E-state index contributed by atoms with van der Waals surface area (Å²) in [5.74, 6) is -5.71. The summed E-state index contributed by atoms with van der Waals surface area (Å²) >= 11 is 0. The molecule has 37 heavy (non-hydrogen) atoms. The molecule has 3 atom stereocenters. The van der Waals surface area contributed by atoms with Crippen LogP contribution in [-0.2, 0) is 16.2 Å². The number of fused-ring (bicyclic) bond motifs is 5. The van der Waals surface area contributed by atoms with Crippen LogP contribution in [0.1, 0.15) is 58.6 Å². The number of nitrogens with zero attached hydrogens (tertiary/aromatic N) is 2. The molecule has 4 heterocycles. The van der Waals surface area contributed by atoms with Gasteiger partial charge in [-0.3, -0.25) is 24.0 Å². The molecule has 2 bridgehead atoms. The van der Waals surface area contributed by atoms with Crippen molar-refractivity contribution in [2.75, 3.05) is 13.7 Å². The normalized spacial score (nSPS) is 24.5. The molecule has 1 aromatic carbocycles. The Hall–Kier alpha value is -3.87. The average molecular weight is 520 g/mol. The molecule has 10 nitrogen and oxygen atoms in total. The van der Waals surface area contributed by atoms with Gasteiger partial charge in [0.05, 0.1) is 19.6 Å². The molecule has 3 aliphatic heterocycles. The van der Waals surface area contributed by atoms with Gasteiger partial charge in [0.15, 0.2) is 11.4 Å². The number of carbonyl (C=O) groups is 3. The minimum Gasteiger partial charge on any atom is -0.491 e. The summed E-state index contributed by atoms with van der Waals surface area (Å²) in [5.41, 5.74) is -0.711. The van der Waals surface area contributed by atoms with Crippen molar-refractivity contribution in [1.29, 1.82) is 0 Å². The lowest BCUT2D eigenvalue weighted by Crippen LogP contribution is -2.52. The average Bonchev–Trinajstić information content (AvgIpc) is 3.17. The molecule has 2 N–H and O–H groups in total. The number of aromatic nitrogens is 1. The number of benzene rings is 1. The van der Waals surface area contributed by atoms with Gasteiger partial charge in [-0.2, -0.15) is 0 Å². The van der Waals surface area contributed by atoms with E-state index in [0.717, 1.165) is 0 Å². The maximum Gasteiger partial charge on any atom is 0.274 e. The lowest BCUT2D eigenvalue weighted by Gasteiger charge is -2.42. The third-order valence-corrected chi connectivity index (χ3v) is 7.29. The molecular formula is C24H23F3N4O6. The number of ether oxygens (including phenoxy) is 1. The third-order valence-electron chi connectivity index (χ3n) is 7.29. The summed E-state index contributed by atoms with van der Waals surface area (Å²) in [7, 11) is 1.18. The van der Waals surface area contributed by atoms with Gasteiger partial charge < -0.3 is 19.5 Å². The van der Waals surface area contributed by atoms with Crippen LogP contribution in [0.5, 0.6) is 5.75 Å². The zero-order valence-electron chi connectivity index (χ0n) is 19.9. The summed E-state index contributed by atoms with van der Waals surface area (Å²) < 4.78 is 48.0. The van der Waals surface area contributed by atoms with Gasteiger partial charge in [0.1, 0.15) is 28.6 Å². The first-order valence-corrected chi connectivity index (χ1v) is 11.6. The summed E-state index contributed by atoms with van der Waals surface area (Å²) in [6, 6.07) is 0.0764. The highest BCUT2D eigenvalue weighted by Crippen LogP contribution is 2.45. The molecule has 0 radical (unpaired) electrons. The van der Waals surface area contributed by atoms with Crippen molar-refractivity contribution < 1.29 is 37.1 Å². The van der Waals surface area contributed by atoms with Gasteiger partial charge in [-0.05, 0) is 19.8 Å². The maximum atomic E-state index is 14.0. The van der Waals surface area contributed by atoms with Crippen LogP contribution in [-0.4, -0.2) is 52.5 Å². The van der Waals surface area contributed by atoms with Gasteiger partial charge in [-0.1, -0.05) is 0 Å². The molecular weight excluding hydrogens is 497 g/mol. The van der Waals surface area contributed by atoms with E-state index < -0.39 is 64.0 Å². The Balaban J connectivity index is 1.58. The van der Waals surface area contributed by atoms with Crippen LogP contribution in [0, 0.1) is 17.5 Å². The number of carbonyl (C=O) groups excluding carboxylic acids is 3. The number of nitrogens with one attached hydrogen (secondary N) is 2. The highest BCUT2D eigenvalue weighted by molar-refractivity contribution is 5.99. The zero-order valence-corrected chi connectivity index (χ0v) is 19.9. The largest absolute Gasteiger partial charge is 0.491 e. The monoisotopic (exact) mass is 520 g/mol. The number of hydrogen-bond acceptors (Lipinski definition) is 6. The minimum atomic E-state index is -1.20. The molecule has 5 rings (SSSR count). The second-order valence-electron chi connectivity index (χ2n) is 9.42. The second kappa shape index (κ2) is 8.91. The molecule has 196 valence electrons. The van der Waals surface area contributed by atoms with Crippen molar-refractivity contribution in [3.8, 4) is 5.75 Å². The van der Waals surface area contributed by atoms with Crippen LogP contribution in [0.4, 0.5) is 13.2 Å². The van der Waals surface area contributed by atoms with Gasteiger partial charge in [-0.25, -0.2) is 18.7 Å². The fraction of sp³-hybridized carbons (Fsp3) is 0.417. The van der Waals surface area contributed by atoms with Crippen LogP contribution in [0.15, 0.2) is 23.1 Å². The molecule has 13 heteroatoms. The predicted molar refractivity (Wildman–Crippen MR) is 120 cm³/mol. The quantitative estimate of drug-likeness (QED) is 0.632. The molecule has 3 aliphatic rings. The number of pyridine rings is 1. The molecule has 0 aliphatic carbocycles. The van der Waals surface area contributed by atoms with Gasteiger partial charge >= 0.3 is 0 Å². The Morgan fingerprint density at radius 1 is 1.24 bits per heavy atom. The summed E-state index contributed by atoms with van der Waals surface area (Å²) in [4.78, 5) is 59.2. The van der Waals surface area contributed by atoms with E-state index in [-0.39, 0.29) is 36.4 Å². The first-order valence-electron chi connectivity index (χ1n) is 11.6. The summed E-state index contributed by atoms with van der Waals surface area (Å²) in [6.45, 7) is 1.34. The van der Waals surface area contributed by atoms with E-state index in [4.69, 9.17) is 9.57 Å². The standard InChI is InChI=1S/C24H23F3N4O6/c1-11-3-4-24(7-18(32)29-37-24)17-10-30(11)23(35)19-21(36-2)20(33)14(9-31(17)19)22(34)28-8-13-15(26)5-12(25)6-16(13)27/h5-6,9,11,17H,3-4,7-8,10H2,1-2H3,(H,28,34)(H,29,32)/t11-,17+,24-/m0/s1. The van der Waals surface area contributed by atoms with Crippen LogP contribution >= 0.6 is 0 Å². The predicted octanol–water partition coefficient (Wildman–Crippen LogP) is 1.57. The second-order valence-corrected chi connectivity index (χ2v) is 9.42. The lowest BCUT2D eigenvalue weighted by atomic mass is 9.85. The fourth-order valence-corrected chi connectivity index (χ4v) is 5.32. The van der Waals surface area contributed by atoms with E-state index >= 15 is 0 Å². The van der Waals surface area contributed by atoms with Crippen LogP contribution in [0.25, 0.3) is 0 Å². The molecule has 0 unspecified atom stereocenters. The van der Waals surface area contributed by atoms with Gasteiger partial charge in [0.2, 0.25) is 11.3 Å².